The van der Waals surface area contributed by atoms with Crippen molar-refractivity contribution in [2.24, 2.45) is 17.6 Å². The molecule has 0 aromatic rings. The molecular formula is C11H22N2O2. The lowest BCUT2D eigenvalue weighted by Crippen LogP contribution is -2.67. The predicted octanol–water partition coefficient (Wildman–Crippen LogP) is 0.201. The van der Waals surface area contributed by atoms with Crippen molar-refractivity contribution < 1.29 is 9.90 Å². The third-order valence-electron chi connectivity index (χ3n) is 3.44. The van der Waals surface area contributed by atoms with Crippen LogP contribution in [-0.4, -0.2) is 41.1 Å². The lowest BCUT2D eigenvalue weighted by Gasteiger charge is -2.49. The van der Waals surface area contributed by atoms with Gasteiger partial charge in [-0.15, -0.1) is 0 Å². The van der Waals surface area contributed by atoms with Crippen LogP contribution in [0.3, 0.4) is 0 Å². The Labute approximate surface area is 91.4 Å². The SMILES string of the molecule is CCC(CN)C(=O)N1CC(O)(C(C)C)C1. The third kappa shape index (κ3) is 2.32. The van der Waals surface area contributed by atoms with Crippen molar-refractivity contribution in [3.05, 3.63) is 0 Å². The van der Waals surface area contributed by atoms with Gasteiger partial charge >= 0.3 is 0 Å². The highest BCUT2D eigenvalue weighted by Crippen LogP contribution is 2.29. The van der Waals surface area contributed by atoms with Crippen LogP contribution in [0.2, 0.25) is 0 Å². The number of hydrogen-bond acceptors (Lipinski definition) is 3. The van der Waals surface area contributed by atoms with Crippen LogP contribution in [0.5, 0.6) is 0 Å². The Morgan fingerprint density at radius 1 is 1.53 bits per heavy atom. The molecule has 1 amide bonds. The molecular weight excluding hydrogens is 192 g/mol. The van der Waals surface area contributed by atoms with Crippen LogP contribution in [0, 0.1) is 11.8 Å². The minimum absolute atomic E-state index is 0.0817. The van der Waals surface area contributed by atoms with Crippen LogP contribution in [0.4, 0.5) is 0 Å². The van der Waals surface area contributed by atoms with Crippen LogP contribution in [-0.2, 0) is 4.79 Å². The summed E-state index contributed by atoms with van der Waals surface area (Å²) in [5.41, 5.74) is 4.84. The molecule has 1 heterocycles. The maximum Gasteiger partial charge on any atom is 0.227 e. The maximum absolute atomic E-state index is 11.8. The molecule has 1 aliphatic heterocycles. The average Bonchev–Trinajstić information content (AvgIpc) is 2.14. The smallest absolute Gasteiger partial charge is 0.227 e. The van der Waals surface area contributed by atoms with Crippen LogP contribution >= 0.6 is 0 Å². The quantitative estimate of drug-likeness (QED) is 0.702. The van der Waals surface area contributed by atoms with E-state index in [1.165, 1.54) is 0 Å². The van der Waals surface area contributed by atoms with Crippen molar-refractivity contribution in [2.45, 2.75) is 32.8 Å². The highest BCUT2D eigenvalue weighted by atomic mass is 16.3. The van der Waals surface area contributed by atoms with E-state index in [2.05, 4.69) is 0 Å². The minimum Gasteiger partial charge on any atom is -0.386 e. The van der Waals surface area contributed by atoms with Crippen molar-refractivity contribution in [3.8, 4) is 0 Å². The molecule has 4 nitrogen and oxygen atoms in total. The van der Waals surface area contributed by atoms with E-state index in [1.54, 1.807) is 4.90 Å². The summed E-state index contributed by atoms with van der Waals surface area (Å²) in [5, 5.41) is 10.0. The van der Waals surface area contributed by atoms with Crippen molar-refractivity contribution in [3.63, 3.8) is 0 Å². The summed E-state index contributed by atoms with van der Waals surface area (Å²) in [6.45, 7) is 7.22. The molecule has 15 heavy (non-hydrogen) atoms. The summed E-state index contributed by atoms with van der Waals surface area (Å²) in [5.74, 6) is 0.201. The van der Waals surface area contributed by atoms with Gasteiger partial charge in [-0.1, -0.05) is 20.8 Å². The number of β-amino-alcohol motifs (C(OH)–C–C–N with tert-alkyl or cyclic N) is 1. The lowest BCUT2D eigenvalue weighted by molar-refractivity contribution is -0.167. The monoisotopic (exact) mass is 214 g/mol. The number of nitrogens with zero attached hydrogens (tertiary/aromatic N) is 1. The molecule has 0 aromatic carbocycles. The maximum atomic E-state index is 11.8. The number of aliphatic hydroxyl groups is 1. The Hall–Kier alpha value is -0.610. The van der Waals surface area contributed by atoms with Crippen LogP contribution in [0.15, 0.2) is 0 Å². The zero-order chi connectivity index (χ0) is 11.6. The molecule has 1 rings (SSSR count). The number of nitrogens with two attached hydrogens (primary N) is 1. The molecule has 1 saturated heterocycles. The largest absolute Gasteiger partial charge is 0.386 e. The van der Waals surface area contributed by atoms with Crippen LogP contribution in [0.25, 0.3) is 0 Å². The molecule has 3 N–H and O–H groups in total. The third-order valence-corrected chi connectivity index (χ3v) is 3.44. The summed E-state index contributed by atoms with van der Waals surface area (Å²) in [6.07, 6.45) is 0.770. The summed E-state index contributed by atoms with van der Waals surface area (Å²) in [6, 6.07) is 0. The Bertz CT molecular complexity index is 231. The topological polar surface area (TPSA) is 66.6 Å². The summed E-state index contributed by atoms with van der Waals surface area (Å²) >= 11 is 0. The highest BCUT2D eigenvalue weighted by Gasteiger charge is 2.46. The van der Waals surface area contributed by atoms with E-state index < -0.39 is 5.60 Å². The van der Waals surface area contributed by atoms with Gasteiger partial charge in [0.25, 0.3) is 0 Å². The van der Waals surface area contributed by atoms with Crippen molar-refractivity contribution in [1.82, 2.24) is 4.90 Å². The normalized spacial score (nSPS) is 21.3. The van der Waals surface area contributed by atoms with Gasteiger partial charge in [-0.25, -0.2) is 0 Å². The molecule has 4 heteroatoms. The molecule has 1 unspecified atom stereocenters. The molecule has 1 fully saturated rings. The zero-order valence-corrected chi connectivity index (χ0v) is 9.86. The summed E-state index contributed by atoms with van der Waals surface area (Å²) in [7, 11) is 0. The molecule has 1 atom stereocenters. The predicted molar refractivity (Wildman–Crippen MR) is 59.2 cm³/mol. The Morgan fingerprint density at radius 2 is 2.07 bits per heavy atom. The Morgan fingerprint density at radius 3 is 2.40 bits per heavy atom. The first kappa shape index (κ1) is 12.5. The molecule has 0 radical (unpaired) electrons. The van der Waals surface area contributed by atoms with E-state index in [1.807, 2.05) is 20.8 Å². The molecule has 1 aliphatic rings. The van der Waals surface area contributed by atoms with Crippen molar-refractivity contribution in [1.29, 1.82) is 0 Å². The number of carbonyl (C=O) groups is 1. The van der Waals surface area contributed by atoms with Crippen molar-refractivity contribution >= 4 is 5.91 Å². The summed E-state index contributed by atoms with van der Waals surface area (Å²) < 4.78 is 0. The Kier molecular flexibility index (Phi) is 3.73. The zero-order valence-electron chi connectivity index (χ0n) is 9.86. The molecule has 88 valence electrons. The van der Waals surface area contributed by atoms with Crippen LogP contribution in [0.1, 0.15) is 27.2 Å². The van der Waals surface area contributed by atoms with Gasteiger partial charge < -0.3 is 15.7 Å². The molecule has 0 aromatic heterocycles. The molecule has 0 saturated carbocycles. The summed E-state index contributed by atoms with van der Waals surface area (Å²) in [4.78, 5) is 13.5. The van der Waals surface area contributed by atoms with Gasteiger partial charge in [0, 0.05) is 6.54 Å². The highest BCUT2D eigenvalue weighted by molar-refractivity contribution is 5.80. The fraction of sp³-hybridized carbons (Fsp3) is 0.909. The molecule has 0 spiro atoms. The van der Waals surface area contributed by atoms with E-state index in [0.29, 0.717) is 19.6 Å². The lowest BCUT2D eigenvalue weighted by atomic mass is 9.82. The first-order valence-corrected chi connectivity index (χ1v) is 5.65. The first-order valence-electron chi connectivity index (χ1n) is 5.65. The van der Waals surface area contributed by atoms with Gasteiger partial charge in [0.2, 0.25) is 5.91 Å². The number of carbonyl (C=O) groups excluding carboxylic acids is 1. The van der Waals surface area contributed by atoms with Gasteiger partial charge in [0.1, 0.15) is 5.60 Å². The second-order valence-electron chi connectivity index (χ2n) is 4.79. The van der Waals surface area contributed by atoms with E-state index >= 15 is 0 Å². The number of likely N-dealkylation sites (tertiary alicyclic amines) is 1. The average molecular weight is 214 g/mol. The fourth-order valence-electron chi connectivity index (χ4n) is 1.84. The van der Waals surface area contributed by atoms with Gasteiger partial charge in [0.05, 0.1) is 19.0 Å². The van der Waals surface area contributed by atoms with E-state index in [4.69, 9.17) is 5.73 Å². The van der Waals surface area contributed by atoms with E-state index in [0.717, 1.165) is 6.42 Å². The van der Waals surface area contributed by atoms with Crippen LogP contribution < -0.4 is 5.73 Å². The van der Waals surface area contributed by atoms with Gasteiger partial charge in [0.15, 0.2) is 0 Å². The molecule has 0 aliphatic carbocycles. The Balaban J connectivity index is 2.48. The number of hydrogen-bond donors (Lipinski definition) is 2. The second kappa shape index (κ2) is 4.49. The number of amides is 1. The van der Waals surface area contributed by atoms with E-state index in [-0.39, 0.29) is 17.7 Å². The van der Waals surface area contributed by atoms with Gasteiger partial charge in [-0.2, -0.15) is 0 Å². The van der Waals surface area contributed by atoms with Gasteiger partial charge in [-0.05, 0) is 12.3 Å². The minimum atomic E-state index is -0.678. The molecule has 0 bridgehead atoms. The second-order valence-corrected chi connectivity index (χ2v) is 4.79. The van der Waals surface area contributed by atoms with Gasteiger partial charge in [-0.3, -0.25) is 4.79 Å². The first-order chi connectivity index (χ1) is 6.94. The van der Waals surface area contributed by atoms with E-state index in [9.17, 15) is 9.90 Å². The van der Waals surface area contributed by atoms with Crippen molar-refractivity contribution in [2.75, 3.05) is 19.6 Å². The number of rotatable bonds is 4. The fourth-order valence-corrected chi connectivity index (χ4v) is 1.84. The standard InChI is InChI=1S/C11H22N2O2/c1-4-9(5-12)10(14)13-6-11(15,7-13)8(2)3/h8-9,15H,4-7,12H2,1-3H3.